The summed E-state index contributed by atoms with van der Waals surface area (Å²) >= 11 is 0. The van der Waals surface area contributed by atoms with Crippen molar-refractivity contribution < 1.29 is 0 Å². The Morgan fingerprint density at radius 3 is 2.67 bits per heavy atom. The molecule has 2 aromatic rings. The van der Waals surface area contributed by atoms with Crippen molar-refractivity contribution in [3.63, 3.8) is 0 Å². The van der Waals surface area contributed by atoms with Gasteiger partial charge in [-0.3, -0.25) is 9.97 Å². The molecule has 0 bridgehead atoms. The monoisotopic (exact) mass is 243 g/mol. The van der Waals surface area contributed by atoms with Gasteiger partial charge in [-0.15, -0.1) is 0 Å². The molecule has 0 atom stereocenters. The van der Waals surface area contributed by atoms with Gasteiger partial charge in [0.25, 0.3) is 0 Å². The van der Waals surface area contributed by atoms with Crippen LogP contribution in [-0.4, -0.2) is 33.0 Å². The summed E-state index contributed by atoms with van der Waals surface area (Å²) in [6.07, 6.45) is 7.59. The maximum absolute atomic E-state index is 4.51. The number of nitrogens with zero attached hydrogens (tertiary/aromatic N) is 3. The topological polar surface area (TPSA) is 66.5 Å². The number of imidazole rings is 1. The molecular formula is C13H17N5. The van der Waals surface area contributed by atoms with Crippen molar-refractivity contribution in [3.8, 4) is 11.4 Å². The molecule has 3 heterocycles. The highest BCUT2D eigenvalue weighted by molar-refractivity contribution is 5.55. The molecule has 5 nitrogen and oxygen atoms in total. The van der Waals surface area contributed by atoms with Crippen molar-refractivity contribution in [2.75, 3.05) is 13.1 Å². The van der Waals surface area contributed by atoms with Crippen molar-refractivity contribution >= 4 is 0 Å². The minimum Gasteiger partial charge on any atom is -0.340 e. The van der Waals surface area contributed by atoms with E-state index in [2.05, 4.69) is 25.3 Å². The van der Waals surface area contributed by atoms with Crippen LogP contribution < -0.4 is 5.32 Å². The molecule has 1 aliphatic rings. The van der Waals surface area contributed by atoms with Crippen molar-refractivity contribution in [2.45, 2.75) is 25.7 Å². The minimum atomic E-state index is 0.539. The van der Waals surface area contributed by atoms with E-state index in [0.29, 0.717) is 5.92 Å². The summed E-state index contributed by atoms with van der Waals surface area (Å²) in [6, 6.07) is 0. The summed E-state index contributed by atoms with van der Waals surface area (Å²) in [4.78, 5) is 16.5. The first-order chi connectivity index (χ1) is 8.84. The van der Waals surface area contributed by atoms with E-state index >= 15 is 0 Å². The predicted molar refractivity (Wildman–Crippen MR) is 69.2 cm³/mol. The highest BCUT2D eigenvalue weighted by atomic mass is 15.0. The molecule has 0 aromatic carbocycles. The van der Waals surface area contributed by atoms with Crippen LogP contribution in [0.1, 0.15) is 30.3 Å². The van der Waals surface area contributed by atoms with E-state index in [-0.39, 0.29) is 0 Å². The fourth-order valence-electron chi connectivity index (χ4n) is 2.43. The Labute approximate surface area is 106 Å². The number of nitrogens with one attached hydrogen (secondary N) is 2. The van der Waals surface area contributed by atoms with Gasteiger partial charge in [0, 0.05) is 18.3 Å². The average Bonchev–Trinajstić information content (AvgIpc) is 2.90. The van der Waals surface area contributed by atoms with Gasteiger partial charge in [0.15, 0.2) is 0 Å². The zero-order valence-corrected chi connectivity index (χ0v) is 10.5. The van der Waals surface area contributed by atoms with Crippen LogP contribution in [0.5, 0.6) is 0 Å². The lowest BCUT2D eigenvalue weighted by Gasteiger charge is -2.20. The fraction of sp³-hybridized carbons (Fsp3) is 0.462. The van der Waals surface area contributed by atoms with Gasteiger partial charge in [-0.25, -0.2) is 4.98 Å². The van der Waals surface area contributed by atoms with Gasteiger partial charge in [-0.2, -0.15) is 0 Å². The van der Waals surface area contributed by atoms with Gasteiger partial charge in [0.2, 0.25) is 0 Å². The normalized spacial score (nSPS) is 16.9. The lowest BCUT2D eigenvalue weighted by atomic mass is 9.98. The second-order valence-corrected chi connectivity index (χ2v) is 4.70. The van der Waals surface area contributed by atoms with Crippen molar-refractivity contribution in [3.05, 3.63) is 30.1 Å². The van der Waals surface area contributed by atoms with E-state index in [1.165, 1.54) is 0 Å². The molecule has 0 spiro atoms. The smallest absolute Gasteiger partial charge is 0.109 e. The van der Waals surface area contributed by atoms with E-state index in [1.807, 2.05) is 13.1 Å². The molecule has 1 saturated heterocycles. The zero-order chi connectivity index (χ0) is 12.4. The van der Waals surface area contributed by atoms with E-state index in [1.54, 1.807) is 12.4 Å². The van der Waals surface area contributed by atoms with Crippen molar-refractivity contribution in [1.29, 1.82) is 0 Å². The van der Waals surface area contributed by atoms with Gasteiger partial charge < -0.3 is 10.3 Å². The number of rotatable bonds is 2. The molecule has 3 rings (SSSR count). The molecule has 0 amide bonds. The summed E-state index contributed by atoms with van der Waals surface area (Å²) in [7, 11) is 0. The number of H-pyrrole nitrogens is 1. The van der Waals surface area contributed by atoms with Crippen LogP contribution in [0.25, 0.3) is 11.4 Å². The molecular weight excluding hydrogens is 226 g/mol. The second-order valence-electron chi connectivity index (χ2n) is 4.70. The first kappa shape index (κ1) is 11.3. The molecule has 0 radical (unpaired) electrons. The molecule has 1 fully saturated rings. The lowest BCUT2D eigenvalue weighted by molar-refractivity contribution is 0.447. The summed E-state index contributed by atoms with van der Waals surface area (Å²) in [5.74, 6) is 1.62. The Morgan fingerprint density at radius 2 is 1.89 bits per heavy atom. The SMILES string of the molecule is Cc1nccnc1-c1cnc(C2CCNCC2)[nH]1. The number of aromatic amines is 1. The highest BCUT2D eigenvalue weighted by Crippen LogP contribution is 2.25. The van der Waals surface area contributed by atoms with Crippen LogP contribution in [0.2, 0.25) is 0 Å². The third kappa shape index (κ3) is 2.13. The maximum Gasteiger partial charge on any atom is 0.109 e. The van der Waals surface area contributed by atoms with Crippen LogP contribution >= 0.6 is 0 Å². The number of aryl methyl sites for hydroxylation is 1. The molecule has 0 aliphatic carbocycles. The molecule has 0 unspecified atom stereocenters. The van der Waals surface area contributed by atoms with Crippen LogP contribution in [0.3, 0.4) is 0 Å². The second kappa shape index (κ2) is 4.86. The fourth-order valence-corrected chi connectivity index (χ4v) is 2.43. The number of hydrogen-bond donors (Lipinski definition) is 2. The summed E-state index contributed by atoms with van der Waals surface area (Å²) in [5.41, 5.74) is 2.79. The van der Waals surface area contributed by atoms with Crippen molar-refractivity contribution in [2.24, 2.45) is 0 Å². The van der Waals surface area contributed by atoms with Crippen molar-refractivity contribution in [1.82, 2.24) is 25.3 Å². The number of piperidine rings is 1. The minimum absolute atomic E-state index is 0.539. The summed E-state index contributed by atoms with van der Waals surface area (Å²) in [6.45, 7) is 4.11. The number of aromatic nitrogens is 4. The first-order valence-electron chi connectivity index (χ1n) is 6.38. The van der Waals surface area contributed by atoms with E-state index in [4.69, 9.17) is 0 Å². The largest absolute Gasteiger partial charge is 0.340 e. The highest BCUT2D eigenvalue weighted by Gasteiger charge is 2.18. The van der Waals surface area contributed by atoms with Crippen LogP contribution in [0.4, 0.5) is 0 Å². The molecule has 94 valence electrons. The Balaban J connectivity index is 1.87. The third-order valence-corrected chi connectivity index (χ3v) is 3.46. The molecule has 1 aliphatic heterocycles. The van der Waals surface area contributed by atoms with Crippen LogP contribution in [-0.2, 0) is 0 Å². The lowest BCUT2D eigenvalue weighted by Crippen LogP contribution is -2.27. The van der Waals surface area contributed by atoms with Crippen LogP contribution in [0, 0.1) is 6.92 Å². The molecule has 18 heavy (non-hydrogen) atoms. The Hall–Kier alpha value is -1.75. The van der Waals surface area contributed by atoms with Gasteiger partial charge in [0.05, 0.1) is 17.6 Å². The van der Waals surface area contributed by atoms with Crippen LogP contribution in [0.15, 0.2) is 18.6 Å². The standard InChI is InChI=1S/C13H17N5/c1-9-12(16-7-6-15-9)11-8-17-13(18-11)10-2-4-14-5-3-10/h6-8,10,14H,2-5H2,1H3,(H,17,18). The predicted octanol–water partition coefficient (Wildman–Crippen LogP) is 1.64. The Bertz CT molecular complexity index is 528. The third-order valence-electron chi connectivity index (χ3n) is 3.46. The summed E-state index contributed by atoms with van der Waals surface area (Å²) in [5, 5.41) is 3.37. The molecule has 5 heteroatoms. The quantitative estimate of drug-likeness (QED) is 0.841. The van der Waals surface area contributed by atoms with E-state index in [0.717, 1.165) is 48.8 Å². The first-order valence-corrected chi connectivity index (χ1v) is 6.38. The van der Waals surface area contributed by atoms with Gasteiger partial charge in [-0.05, 0) is 32.9 Å². The Morgan fingerprint density at radius 1 is 1.11 bits per heavy atom. The van der Waals surface area contributed by atoms with E-state index in [9.17, 15) is 0 Å². The summed E-state index contributed by atoms with van der Waals surface area (Å²) < 4.78 is 0. The maximum atomic E-state index is 4.51. The van der Waals surface area contributed by atoms with Gasteiger partial charge in [-0.1, -0.05) is 0 Å². The molecule has 2 N–H and O–H groups in total. The van der Waals surface area contributed by atoms with Gasteiger partial charge in [0.1, 0.15) is 11.5 Å². The number of hydrogen-bond acceptors (Lipinski definition) is 4. The van der Waals surface area contributed by atoms with Gasteiger partial charge >= 0.3 is 0 Å². The Kier molecular flexibility index (Phi) is 3.06. The van der Waals surface area contributed by atoms with E-state index < -0.39 is 0 Å². The zero-order valence-electron chi connectivity index (χ0n) is 10.5. The average molecular weight is 243 g/mol. The molecule has 0 saturated carbocycles. The molecule has 2 aromatic heterocycles.